The number of rotatable bonds is 20. The highest BCUT2D eigenvalue weighted by Gasteiger charge is 2.40. The molecule has 2 aromatic carbocycles. The molecule has 8 atom stereocenters. The second kappa shape index (κ2) is 34.0. The molecule has 86 heavy (non-hydrogen) atoms. The molecule has 3 heterocycles. The molecule has 0 bridgehead atoms. The third-order valence-electron chi connectivity index (χ3n) is 19.3. The summed E-state index contributed by atoms with van der Waals surface area (Å²) in [5.74, 6) is 2.05. The second-order valence-corrected chi connectivity index (χ2v) is 28.7. The molecule has 14 nitrogen and oxygen atoms in total. The summed E-state index contributed by atoms with van der Waals surface area (Å²) in [5, 5.41) is 9.59. The number of hydrogen-bond donors (Lipinski definition) is 0. The van der Waals surface area contributed by atoms with Crippen LogP contribution in [0.1, 0.15) is 180 Å². The Morgan fingerprint density at radius 3 is 1.02 bits per heavy atom. The fourth-order valence-corrected chi connectivity index (χ4v) is 14.4. The summed E-state index contributed by atoms with van der Waals surface area (Å²) < 4.78 is 45.2. The van der Waals surface area contributed by atoms with Gasteiger partial charge in [0.25, 0.3) is 0 Å². The van der Waals surface area contributed by atoms with Crippen LogP contribution in [0.25, 0.3) is 0 Å². The van der Waals surface area contributed by atoms with E-state index in [1.54, 1.807) is 0 Å². The molecule has 0 N–H and O–H groups in total. The number of hydrogen-bond acceptors (Lipinski definition) is 12. The number of methoxy groups -OCH3 is 2. The third kappa shape index (κ3) is 20.8. The van der Waals surface area contributed by atoms with Crippen LogP contribution in [0.5, 0.6) is 0 Å². The van der Waals surface area contributed by atoms with Crippen molar-refractivity contribution in [3.63, 3.8) is 0 Å². The van der Waals surface area contributed by atoms with Crippen LogP contribution in [-0.4, -0.2) is 183 Å². The molecule has 1 saturated heterocycles. The van der Waals surface area contributed by atoms with Gasteiger partial charge in [-0.15, -0.1) is 0 Å². The summed E-state index contributed by atoms with van der Waals surface area (Å²) in [5.41, 5.74) is 6.94. The quantitative estimate of drug-likeness (QED) is 0.0842. The molecule has 2 aromatic heterocycles. The summed E-state index contributed by atoms with van der Waals surface area (Å²) in [7, 11) is 12.9. The zero-order valence-corrected chi connectivity index (χ0v) is 56.9. The van der Waals surface area contributed by atoms with E-state index in [9.17, 15) is 0 Å². The Hall–Kier alpha value is -3.54. The Bertz CT molecular complexity index is 2310. The first-order chi connectivity index (χ1) is 41.2. The van der Waals surface area contributed by atoms with Crippen molar-refractivity contribution in [2.45, 2.75) is 232 Å². The minimum Gasteiger partial charge on any atom is -0.376 e. The molecule has 1 aliphatic heterocycles. The van der Waals surface area contributed by atoms with Crippen molar-refractivity contribution in [3.8, 4) is 0 Å². The molecular weight excluding hydrogens is 1070 g/mol. The van der Waals surface area contributed by atoms with E-state index in [0.29, 0.717) is 50.1 Å². The van der Waals surface area contributed by atoms with Gasteiger partial charge in [-0.25, -0.2) is 0 Å². The Kier molecular flexibility index (Phi) is 27.7. The smallest absolute Gasteiger partial charge is 0.109 e. The molecule has 2 aliphatic carbocycles. The highest BCUT2D eigenvalue weighted by Crippen LogP contribution is 2.43. The van der Waals surface area contributed by atoms with E-state index in [1.165, 1.54) is 59.3 Å². The number of benzene rings is 2. The minimum absolute atomic E-state index is 0.0213. The van der Waals surface area contributed by atoms with Crippen molar-refractivity contribution in [1.82, 2.24) is 39.2 Å². The highest BCUT2D eigenvalue weighted by molar-refractivity contribution is 5.26. The van der Waals surface area contributed by atoms with E-state index in [4.69, 9.17) is 38.6 Å². The number of nitrogens with zero attached hydrogens (tertiary/aromatic N) is 8. The molecule has 484 valence electrons. The minimum atomic E-state index is -0.239. The van der Waals surface area contributed by atoms with Gasteiger partial charge in [0.1, 0.15) is 11.2 Å². The number of ether oxygens (including phenoxy) is 6. The van der Waals surface area contributed by atoms with Gasteiger partial charge < -0.3 is 28.4 Å². The number of likely N-dealkylation sites (N-methyl/N-ethyl adjacent to an activating group) is 4. The molecule has 7 rings (SSSR count). The van der Waals surface area contributed by atoms with Crippen LogP contribution in [0.3, 0.4) is 0 Å². The molecule has 14 heteroatoms. The van der Waals surface area contributed by atoms with Crippen molar-refractivity contribution in [1.29, 1.82) is 0 Å². The monoisotopic (exact) mass is 1190 g/mol. The van der Waals surface area contributed by atoms with E-state index in [1.807, 2.05) is 26.6 Å². The van der Waals surface area contributed by atoms with Gasteiger partial charge in [-0.3, -0.25) is 29.0 Å². The van der Waals surface area contributed by atoms with Gasteiger partial charge in [0.05, 0.1) is 75.3 Å². The van der Waals surface area contributed by atoms with Crippen LogP contribution >= 0.6 is 0 Å². The largest absolute Gasteiger partial charge is 0.376 e. The van der Waals surface area contributed by atoms with Crippen LogP contribution in [0.15, 0.2) is 73.1 Å². The van der Waals surface area contributed by atoms with Crippen molar-refractivity contribution < 1.29 is 28.4 Å². The van der Waals surface area contributed by atoms with Gasteiger partial charge in [0, 0.05) is 77.0 Å². The lowest BCUT2D eigenvalue weighted by Gasteiger charge is -2.37. The molecule has 0 radical (unpaired) electrons. The zero-order chi connectivity index (χ0) is 62.0. The van der Waals surface area contributed by atoms with Crippen LogP contribution in [0.2, 0.25) is 0 Å². The zero-order valence-electron chi connectivity index (χ0n) is 56.9. The average Bonchev–Trinajstić information content (AvgIpc) is 1.92. The van der Waals surface area contributed by atoms with Gasteiger partial charge in [-0.05, 0) is 164 Å². The Balaban J connectivity index is 1.11. The summed E-state index contributed by atoms with van der Waals surface area (Å²) >= 11 is 0. The van der Waals surface area contributed by atoms with E-state index in [0.717, 1.165) is 103 Å². The van der Waals surface area contributed by atoms with Crippen molar-refractivity contribution in [2.24, 2.45) is 23.7 Å². The van der Waals surface area contributed by atoms with Gasteiger partial charge in [0.2, 0.25) is 0 Å². The van der Waals surface area contributed by atoms with E-state index in [2.05, 4.69) is 187 Å². The first-order valence-electron chi connectivity index (χ1n) is 33.7. The first kappa shape index (κ1) is 69.9. The lowest BCUT2D eigenvalue weighted by molar-refractivity contribution is -0.0536. The SMILES string of the molecule is COC1(c2ccnn2Cc2ccc(C[C@@H]3CN(C)C(CC(C)C)CO[C@H](C)CN(C)[C@@H](CC(C)C)CO[C@H](Cc4ccc(Cn5nccc5C5(OC)CCCC5)cc4)CN(C)[C@@H](CC(C)C)CO[C@H](C)CN(C)[C@@H](CC(C)C)CO3)cc2)CCCC1. The van der Waals surface area contributed by atoms with Crippen LogP contribution in [0, 0.1) is 23.7 Å². The van der Waals surface area contributed by atoms with Gasteiger partial charge in [-0.2, -0.15) is 10.2 Å². The van der Waals surface area contributed by atoms with Crippen LogP contribution in [-0.2, 0) is 65.6 Å². The van der Waals surface area contributed by atoms with Crippen LogP contribution < -0.4 is 0 Å². The summed E-state index contributed by atoms with van der Waals surface area (Å²) in [4.78, 5) is 10.1. The van der Waals surface area contributed by atoms with Crippen LogP contribution in [0.4, 0.5) is 0 Å². The third-order valence-corrected chi connectivity index (χ3v) is 19.3. The molecular formula is C72H120N8O6. The second-order valence-electron chi connectivity index (χ2n) is 28.7. The maximum atomic E-state index is 7.27. The van der Waals surface area contributed by atoms with Crippen molar-refractivity contribution >= 4 is 0 Å². The summed E-state index contributed by atoms with van der Waals surface area (Å²) in [6.45, 7) is 30.5. The maximum absolute atomic E-state index is 7.27. The van der Waals surface area contributed by atoms with E-state index in [-0.39, 0.29) is 59.8 Å². The van der Waals surface area contributed by atoms with E-state index >= 15 is 0 Å². The summed E-state index contributed by atoms with van der Waals surface area (Å²) in [6.07, 6.45) is 18.6. The molecule has 3 fully saturated rings. The fourth-order valence-electron chi connectivity index (χ4n) is 14.4. The van der Waals surface area contributed by atoms with E-state index < -0.39 is 0 Å². The number of aromatic nitrogens is 4. The highest BCUT2D eigenvalue weighted by atomic mass is 16.5. The molecule has 0 spiro atoms. The topological polar surface area (TPSA) is 104 Å². The maximum Gasteiger partial charge on any atom is 0.109 e. The Morgan fingerprint density at radius 1 is 0.430 bits per heavy atom. The molecule has 0 amide bonds. The van der Waals surface area contributed by atoms with Crippen molar-refractivity contribution in [2.75, 3.05) is 95.0 Å². The lowest BCUT2D eigenvalue weighted by atomic mass is 9.97. The molecule has 3 aliphatic rings. The average molecular weight is 1190 g/mol. The molecule has 2 saturated carbocycles. The fraction of sp³-hybridized carbons (Fsp3) is 0.750. The molecule has 1 unspecified atom stereocenters. The molecule has 4 aromatic rings. The van der Waals surface area contributed by atoms with Crippen molar-refractivity contribution in [3.05, 3.63) is 107 Å². The van der Waals surface area contributed by atoms with Gasteiger partial charge in [0.15, 0.2) is 0 Å². The predicted molar refractivity (Wildman–Crippen MR) is 351 cm³/mol. The Morgan fingerprint density at radius 2 is 0.721 bits per heavy atom. The van der Waals surface area contributed by atoms with Gasteiger partial charge >= 0.3 is 0 Å². The van der Waals surface area contributed by atoms with Gasteiger partial charge in [-0.1, -0.05) is 130 Å². The lowest BCUT2D eigenvalue weighted by Crippen LogP contribution is -2.47. The normalized spacial score (nSPS) is 26.6. The predicted octanol–water partition coefficient (Wildman–Crippen LogP) is 12.8. The summed E-state index contributed by atoms with van der Waals surface area (Å²) in [6, 6.07) is 23.6. The Labute approximate surface area is 522 Å². The standard InChI is InChI=1S/C72H120N8O6/c1-53(2)37-63-49-83-57(9)43-75(11)66(40-56(7)8)52-86-68(42-60-23-27-62(28-24-60)46-80-70(30-36-74-80)72(82-16)33-19-20-34-72)48-78(14)64(38-54(3)4)50-84-58(10)44-76(12)65(39-55(5)6)51-85-67(47-77(63)13)41-59-21-25-61(26-22-59)45-79-69(29-35-73-79)71(81-15)31-17-18-32-71/h21-30,35-36,53-58,63-68H,17-20,31-34,37-52H2,1-16H3/t57-,58-,63+,64?,65+,66+,67-,68-/m1/s1. The first-order valence-corrected chi connectivity index (χ1v) is 33.7.